The Bertz CT molecular complexity index is 551. The number of phenols is 2. The van der Waals surface area contributed by atoms with Crippen LogP contribution in [0.15, 0.2) is 30.5 Å². The van der Waals surface area contributed by atoms with Crippen molar-refractivity contribution in [1.82, 2.24) is 15.1 Å². The van der Waals surface area contributed by atoms with Gasteiger partial charge in [-0.05, 0) is 19.1 Å². The lowest BCUT2D eigenvalue weighted by atomic mass is 10.1. The molecule has 1 aromatic heterocycles. The number of nitrogens with zero attached hydrogens (tertiary/aromatic N) is 2. The summed E-state index contributed by atoms with van der Waals surface area (Å²) < 4.78 is 1.78. The third-order valence-corrected chi connectivity index (χ3v) is 3.08. The molecule has 19 heavy (non-hydrogen) atoms. The molecule has 102 valence electrons. The highest BCUT2D eigenvalue weighted by molar-refractivity contribution is 5.40. The molecular formula is C14H19N3O2. The standard InChI is InChI=1S/C14H19N3O2/c1-10(13-4-3-12(18)9-14(13)19)15-7-5-11-6-8-17(2)16-11/h3-4,6,8-10,15,18-19H,5,7H2,1-2H3. The summed E-state index contributed by atoms with van der Waals surface area (Å²) in [5, 5.41) is 26.7. The molecule has 5 heteroatoms. The summed E-state index contributed by atoms with van der Waals surface area (Å²) in [7, 11) is 1.90. The van der Waals surface area contributed by atoms with Crippen LogP contribution >= 0.6 is 0 Å². The number of nitrogens with one attached hydrogen (secondary N) is 1. The molecule has 0 aliphatic rings. The molecule has 5 nitrogen and oxygen atoms in total. The second kappa shape index (κ2) is 5.75. The Morgan fingerprint density at radius 2 is 2.11 bits per heavy atom. The van der Waals surface area contributed by atoms with Gasteiger partial charge in [0.15, 0.2) is 0 Å². The van der Waals surface area contributed by atoms with Gasteiger partial charge in [-0.25, -0.2) is 0 Å². The minimum atomic E-state index is 0.0179. The summed E-state index contributed by atoms with van der Waals surface area (Å²) in [6.07, 6.45) is 2.76. The molecular weight excluding hydrogens is 242 g/mol. The molecule has 0 radical (unpaired) electrons. The number of aromatic hydroxyl groups is 2. The van der Waals surface area contributed by atoms with Gasteiger partial charge >= 0.3 is 0 Å². The van der Waals surface area contributed by atoms with Gasteiger partial charge in [-0.15, -0.1) is 0 Å². The van der Waals surface area contributed by atoms with Crippen molar-refractivity contribution in [3.05, 3.63) is 41.7 Å². The van der Waals surface area contributed by atoms with Gasteiger partial charge < -0.3 is 15.5 Å². The molecule has 0 aliphatic heterocycles. The molecule has 0 amide bonds. The summed E-state index contributed by atoms with van der Waals surface area (Å²) >= 11 is 0. The van der Waals surface area contributed by atoms with Gasteiger partial charge in [0.05, 0.1) is 5.69 Å². The predicted molar refractivity (Wildman–Crippen MR) is 73.1 cm³/mol. The molecule has 0 spiro atoms. The average molecular weight is 261 g/mol. The summed E-state index contributed by atoms with van der Waals surface area (Å²) in [4.78, 5) is 0. The van der Waals surface area contributed by atoms with E-state index in [1.165, 1.54) is 6.07 Å². The number of rotatable bonds is 5. The van der Waals surface area contributed by atoms with E-state index in [1.807, 2.05) is 26.2 Å². The van der Waals surface area contributed by atoms with Crippen LogP contribution in [0.1, 0.15) is 24.2 Å². The quantitative estimate of drug-likeness (QED) is 0.766. The second-order valence-electron chi connectivity index (χ2n) is 4.65. The molecule has 1 unspecified atom stereocenters. The zero-order chi connectivity index (χ0) is 13.8. The summed E-state index contributed by atoms with van der Waals surface area (Å²) in [6.45, 7) is 2.75. The summed E-state index contributed by atoms with van der Waals surface area (Å²) in [5.41, 5.74) is 1.82. The fraction of sp³-hybridized carbons (Fsp3) is 0.357. The first-order chi connectivity index (χ1) is 9.06. The molecule has 0 fully saturated rings. The highest BCUT2D eigenvalue weighted by Crippen LogP contribution is 2.27. The van der Waals surface area contributed by atoms with E-state index in [4.69, 9.17) is 0 Å². The maximum atomic E-state index is 9.77. The Morgan fingerprint density at radius 3 is 2.74 bits per heavy atom. The van der Waals surface area contributed by atoms with Crippen molar-refractivity contribution in [3.63, 3.8) is 0 Å². The zero-order valence-corrected chi connectivity index (χ0v) is 11.2. The Hall–Kier alpha value is -2.01. The van der Waals surface area contributed by atoms with E-state index in [2.05, 4.69) is 10.4 Å². The highest BCUT2D eigenvalue weighted by Gasteiger charge is 2.10. The van der Waals surface area contributed by atoms with Gasteiger partial charge in [-0.3, -0.25) is 4.68 Å². The number of benzene rings is 1. The lowest BCUT2D eigenvalue weighted by Crippen LogP contribution is -2.21. The van der Waals surface area contributed by atoms with Gasteiger partial charge in [0.1, 0.15) is 11.5 Å². The van der Waals surface area contributed by atoms with E-state index >= 15 is 0 Å². The fourth-order valence-electron chi connectivity index (χ4n) is 2.02. The van der Waals surface area contributed by atoms with Crippen LogP contribution in [0.25, 0.3) is 0 Å². The van der Waals surface area contributed by atoms with Crippen molar-refractivity contribution >= 4 is 0 Å². The third kappa shape index (κ3) is 3.48. The van der Waals surface area contributed by atoms with Crippen LogP contribution in [0.5, 0.6) is 11.5 Å². The van der Waals surface area contributed by atoms with E-state index in [1.54, 1.807) is 16.8 Å². The van der Waals surface area contributed by atoms with Crippen molar-refractivity contribution in [2.24, 2.45) is 7.05 Å². The molecule has 1 aromatic carbocycles. The molecule has 0 aliphatic carbocycles. The maximum Gasteiger partial charge on any atom is 0.124 e. The number of hydrogen-bond acceptors (Lipinski definition) is 4. The number of phenolic OH excluding ortho intramolecular Hbond substituents is 2. The van der Waals surface area contributed by atoms with Gasteiger partial charge in [0.2, 0.25) is 0 Å². The summed E-state index contributed by atoms with van der Waals surface area (Å²) in [6, 6.07) is 6.66. The van der Waals surface area contributed by atoms with Crippen LogP contribution in [-0.4, -0.2) is 26.5 Å². The Morgan fingerprint density at radius 1 is 1.32 bits per heavy atom. The van der Waals surface area contributed by atoms with Crippen LogP contribution in [0.4, 0.5) is 0 Å². The number of hydrogen-bond donors (Lipinski definition) is 3. The summed E-state index contributed by atoms with van der Waals surface area (Å²) in [5.74, 6) is 0.180. The van der Waals surface area contributed by atoms with Crippen molar-refractivity contribution in [2.75, 3.05) is 6.54 Å². The van der Waals surface area contributed by atoms with E-state index < -0.39 is 0 Å². The molecule has 0 saturated carbocycles. The predicted octanol–water partition coefficient (Wildman–Crippen LogP) is 1.72. The van der Waals surface area contributed by atoms with Crippen LogP contribution in [0.2, 0.25) is 0 Å². The molecule has 2 aromatic rings. The number of aryl methyl sites for hydroxylation is 1. The van der Waals surface area contributed by atoms with E-state index in [0.29, 0.717) is 0 Å². The molecule has 1 atom stereocenters. The lowest BCUT2D eigenvalue weighted by molar-refractivity contribution is 0.436. The topological polar surface area (TPSA) is 70.3 Å². The first-order valence-corrected chi connectivity index (χ1v) is 6.30. The SMILES string of the molecule is CC(NCCc1ccn(C)n1)c1ccc(O)cc1O. The molecule has 0 bridgehead atoms. The van der Waals surface area contributed by atoms with Gasteiger partial charge in [0, 0.05) is 43.9 Å². The largest absolute Gasteiger partial charge is 0.508 e. The average Bonchev–Trinajstić information content (AvgIpc) is 2.75. The minimum Gasteiger partial charge on any atom is -0.508 e. The van der Waals surface area contributed by atoms with Gasteiger partial charge in [0.25, 0.3) is 0 Å². The van der Waals surface area contributed by atoms with Gasteiger partial charge in [-0.2, -0.15) is 5.10 Å². The van der Waals surface area contributed by atoms with E-state index in [0.717, 1.165) is 24.2 Å². The first kappa shape index (κ1) is 13.4. The van der Waals surface area contributed by atoms with Crippen LogP contribution in [0.3, 0.4) is 0 Å². The zero-order valence-electron chi connectivity index (χ0n) is 11.2. The van der Waals surface area contributed by atoms with E-state index in [-0.39, 0.29) is 17.5 Å². The fourth-order valence-corrected chi connectivity index (χ4v) is 2.02. The van der Waals surface area contributed by atoms with Gasteiger partial charge in [-0.1, -0.05) is 6.07 Å². The first-order valence-electron chi connectivity index (χ1n) is 6.30. The molecule has 0 saturated heterocycles. The van der Waals surface area contributed by atoms with Crippen molar-refractivity contribution in [2.45, 2.75) is 19.4 Å². The lowest BCUT2D eigenvalue weighted by Gasteiger charge is -2.15. The third-order valence-electron chi connectivity index (χ3n) is 3.08. The maximum absolute atomic E-state index is 9.77. The van der Waals surface area contributed by atoms with Crippen LogP contribution in [-0.2, 0) is 13.5 Å². The second-order valence-corrected chi connectivity index (χ2v) is 4.65. The normalized spacial score (nSPS) is 12.5. The van der Waals surface area contributed by atoms with E-state index in [9.17, 15) is 10.2 Å². The minimum absolute atomic E-state index is 0.0179. The Labute approximate surface area is 112 Å². The number of aromatic nitrogens is 2. The van der Waals surface area contributed by atoms with Crippen molar-refractivity contribution < 1.29 is 10.2 Å². The molecule has 3 N–H and O–H groups in total. The van der Waals surface area contributed by atoms with Crippen LogP contribution < -0.4 is 5.32 Å². The molecule has 2 rings (SSSR count). The Kier molecular flexibility index (Phi) is 4.06. The smallest absolute Gasteiger partial charge is 0.124 e. The highest BCUT2D eigenvalue weighted by atomic mass is 16.3. The molecule has 1 heterocycles. The van der Waals surface area contributed by atoms with Crippen molar-refractivity contribution in [3.8, 4) is 11.5 Å². The van der Waals surface area contributed by atoms with Crippen LogP contribution in [0, 0.1) is 0 Å². The van der Waals surface area contributed by atoms with Crippen molar-refractivity contribution in [1.29, 1.82) is 0 Å². The Balaban J connectivity index is 1.88. The monoisotopic (exact) mass is 261 g/mol.